The lowest BCUT2D eigenvalue weighted by atomic mass is 9.52. The first-order chi connectivity index (χ1) is 37.2. The molecule has 13 aromatic rings. The predicted octanol–water partition coefficient (Wildman–Crippen LogP) is 18.5. The molecule has 1 nitrogen and oxygen atoms in total. The summed E-state index contributed by atoms with van der Waals surface area (Å²) in [6.07, 6.45) is 0. The first-order valence-corrected chi connectivity index (χ1v) is 26.2. The Hall–Kier alpha value is -9.56. The van der Waals surface area contributed by atoms with E-state index < -0.39 is 10.8 Å². The van der Waals surface area contributed by atoms with Gasteiger partial charge in [0.2, 0.25) is 0 Å². The number of rotatable bonds is 5. The Morgan fingerprint density at radius 3 is 1.25 bits per heavy atom. The molecule has 1 unspecified atom stereocenters. The fourth-order valence-corrected chi connectivity index (χ4v) is 14.1. The van der Waals surface area contributed by atoms with Gasteiger partial charge >= 0.3 is 0 Å². The Balaban J connectivity index is 0.940. The number of aromatic nitrogens is 1. The molecular formula is C74H47N. The van der Waals surface area contributed by atoms with Crippen LogP contribution in [-0.4, -0.2) is 4.57 Å². The van der Waals surface area contributed by atoms with Gasteiger partial charge in [-0.1, -0.05) is 243 Å². The minimum Gasteiger partial charge on any atom is -0.309 e. The van der Waals surface area contributed by atoms with Gasteiger partial charge in [0.15, 0.2) is 0 Å². The summed E-state index contributed by atoms with van der Waals surface area (Å²) < 4.78 is 2.39. The largest absolute Gasteiger partial charge is 0.309 e. The van der Waals surface area contributed by atoms with E-state index in [0.29, 0.717) is 0 Å². The molecule has 0 N–H and O–H groups in total. The van der Waals surface area contributed by atoms with Gasteiger partial charge in [0.25, 0.3) is 0 Å². The van der Waals surface area contributed by atoms with Crippen molar-refractivity contribution in [3.63, 3.8) is 0 Å². The van der Waals surface area contributed by atoms with Crippen LogP contribution in [0.5, 0.6) is 0 Å². The maximum atomic E-state index is 2.56. The molecule has 0 amide bonds. The zero-order valence-electron chi connectivity index (χ0n) is 41.1. The van der Waals surface area contributed by atoms with Crippen LogP contribution in [-0.2, 0) is 10.8 Å². The standard InChI is InChI=1S/C74H47N/c1-4-19-48(20-5-1)53-40-43-66-68(46-53)73(62-30-14-10-25-57(62)58-26-11-15-31-63(58)73)65-42-39-54(49-21-6-2-7-22-49)47-69(65)74(66)64-32-16-12-28-60(64)72-56(29-18-33-67(72)74)51-37-35-50(36-38-51)52-41-44-71-61(45-52)59-27-13-17-34-70(59)75(71)55-23-8-3-9-24-55/h1-47H. The summed E-state index contributed by atoms with van der Waals surface area (Å²) in [5, 5.41) is 2.51. The van der Waals surface area contributed by atoms with Crippen molar-refractivity contribution in [3.05, 3.63) is 330 Å². The Kier molecular flexibility index (Phi) is 8.94. The van der Waals surface area contributed by atoms with Gasteiger partial charge in [0.1, 0.15) is 0 Å². The van der Waals surface area contributed by atoms with Crippen molar-refractivity contribution in [2.24, 2.45) is 0 Å². The Bertz CT molecular complexity index is 4400. The highest BCUT2D eigenvalue weighted by Crippen LogP contribution is 2.68. The summed E-state index contributed by atoms with van der Waals surface area (Å²) in [7, 11) is 0. The number of hydrogen-bond acceptors (Lipinski definition) is 0. The molecule has 1 heteroatoms. The summed E-state index contributed by atoms with van der Waals surface area (Å²) in [6, 6.07) is 107. The topological polar surface area (TPSA) is 4.93 Å². The van der Waals surface area contributed by atoms with E-state index >= 15 is 0 Å². The number of benzene rings is 12. The molecule has 16 rings (SSSR count). The summed E-state index contributed by atoms with van der Waals surface area (Å²) in [5.74, 6) is 0. The van der Waals surface area contributed by atoms with Crippen LogP contribution < -0.4 is 0 Å². The Labute approximate surface area is 436 Å². The van der Waals surface area contributed by atoms with E-state index in [4.69, 9.17) is 0 Å². The minimum atomic E-state index is -0.654. The molecule has 75 heavy (non-hydrogen) atoms. The van der Waals surface area contributed by atoms with Gasteiger partial charge in [-0.3, -0.25) is 0 Å². The highest BCUT2D eigenvalue weighted by atomic mass is 15.0. The fourth-order valence-electron chi connectivity index (χ4n) is 14.1. The Morgan fingerprint density at radius 2 is 0.627 bits per heavy atom. The lowest BCUT2D eigenvalue weighted by Gasteiger charge is -2.49. The molecule has 12 aromatic carbocycles. The average Bonchev–Trinajstić information content (AvgIpc) is 4.16. The summed E-state index contributed by atoms with van der Waals surface area (Å²) in [6.45, 7) is 0. The van der Waals surface area contributed by atoms with Crippen LogP contribution in [0.4, 0.5) is 0 Å². The smallest absolute Gasteiger partial charge is 0.0720 e. The second kappa shape index (κ2) is 16.0. The quantitative estimate of drug-likeness (QED) is 0.162. The molecule has 0 bridgehead atoms. The number of nitrogens with zero attached hydrogens (tertiary/aromatic N) is 1. The third-order valence-corrected chi connectivity index (χ3v) is 17.1. The zero-order chi connectivity index (χ0) is 49.2. The van der Waals surface area contributed by atoms with E-state index in [1.807, 2.05) is 0 Å². The van der Waals surface area contributed by atoms with E-state index in [2.05, 4.69) is 290 Å². The molecule has 0 aliphatic heterocycles. The van der Waals surface area contributed by atoms with Gasteiger partial charge in [-0.2, -0.15) is 0 Å². The molecule has 3 aliphatic carbocycles. The Morgan fingerprint density at radius 1 is 0.213 bits per heavy atom. The van der Waals surface area contributed by atoms with Crippen molar-refractivity contribution in [1.29, 1.82) is 0 Å². The maximum Gasteiger partial charge on any atom is 0.0720 e. The van der Waals surface area contributed by atoms with Crippen molar-refractivity contribution < 1.29 is 0 Å². The second-order valence-corrected chi connectivity index (χ2v) is 20.6. The van der Waals surface area contributed by atoms with Crippen LogP contribution in [0, 0.1) is 0 Å². The SMILES string of the molecule is c1ccc(-c2ccc3c(c2)C2(c4ccccc4-c4ccccc42)c2ccc(-c4ccccc4)cc2C32c3ccccc3-c3c(-c4ccc(-c5ccc6c(c5)c5ccccc5n6-c5ccccc5)cc4)cccc32)cc1. The van der Waals surface area contributed by atoms with Gasteiger partial charge in [0.05, 0.1) is 21.9 Å². The molecule has 0 fully saturated rings. The van der Waals surface area contributed by atoms with Crippen molar-refractivity contribution in [2.45, 2.75) is 10.8 Å². The molecule has 0 radical (unpaired) electrons. The fraction of sp³-hybridized carbons (Fsp3) is 0.0270. The van der Waals surface area contributed by atoms with Gasteiger partial charge in [-0.25, -0.2) is 0 Å². The van der Waals surface area contributed by atoms with Gasteiger partial charge in [0, 0.05) is 16.5 Å². The lowest BCUT2D eigenvalue weighted by Crippen LogP contribution is -2.44. The lowest BCUT2D eigenvalue weighted by molar-refractivity contribution is 0.633. The first-order valence-electron chi connectivity index (χ1n) is 26.2. The molecule has 0 saturated heterocycles. The summed E-state index contributed by atoms with van der Waals surface area (Å²) >= 11 is 0. The molecule has 348 valence electrons. The normalized spacial score (nSPS) is 15.1. The van der Waals surface area contributed by atoms with E-state index in [1.54, 1.807) is 0 Å². The monoisotopic (exact) mass is 949 g/mol. The van der Waals surface area contributed by atoms with Crippen LogP contribution in [0.3, 0.4) is 0 Å². The minimum absolute atomic E-state index is 0.590. The average molecular weight is 950 g/mol. The van der Waals surface area contributed by atoms with Crippen LogP contribution in [0.2, 0.25) is 0 Å². The molecular weight excluding hydrogens is 903 g/mol. The number of hydrogen-bond donors (Lipinski definition) is 0. The van der Waals surface area contributed by atoms with Crippen molar-refractivity contribution in [2.75, 3.05) is 0 Å². The number of fused-ring (bicyclic) bond motifs is 19. The first kappa shape index (κ1) is 42.0. The van der Waals surface area contributed by atoms with Crippen molar-refractivity contribution in [1.82, 2.24) is 4.57 Å². The number of para-hydroxylation sites is 2. The highest BCUT2D eigenvalue weighted by Gasteiger charge is 2.59. The van der Waals surface area contributed by atoms with E-state index in [0.717, 1.165) is 0 Å². The van der Waals surface area contributed by atoms with Crippen molar-refractivity contribution >= 4 is 21.8 Å². The van der Waals surface area contributed by atoms with Gasteiger partial charge in [-0.05, 0) is 154 Å². The van der Waals surface area contributed by atoms with E-state index in [-0.39, 0.29) is 0 Å². The van der Waals surface area contributed by atoms with Crippen molar-refractivity contribution in [3.8, 4) is 72.4 Å². The van der Waals surface area contributed by atoms with Gasteiger partial charge < -0.3 is 4.57 Å². The van der Waals surface area contributed by atoms with Crippen LogP contribution in [0.15, 0.2) is 285 Å². The highest BCUT2D eigenvalue weighted by molar-refractivity contribution is 6.10. The second-order valence-electron chi connectivity index (χ2n) is 20.6. The zero-order valence-corrected chi connectivity index (χ0v) is 41.1. The van der Waals surface area contributed by atoms with Crippen LogP contribution >= 0.6 is 0 Å². The maximum absolute atomic E-state index is 2.56. The third kappa shape index (κ3) is 5.73. The van der Waals surface area contributed by atoms with E-state index in [9.17, 15) is 0 Å². The summed E-state index contributed by atoms with van der Waals surface area (Å²) in [4.78, 5) is 0. The molecule has 2 spiro atoms. The van der Waals surface area contributed by atoms with Gasteiger partial charge in [-0.15, -0.1) is 0 Å². The molecule has 0 saturated carbocycles. The molecule has 1 heterocycles. The summed E-state index contributed by atoms with van der Waals surface area (Å²) in [5.41, 5.74) is 27.9. The molecule has 1 atom stereocenters. The van der Waals surface area contributed by atoms with Crippen LogP contribution in [0.1, 0.15) is 44.5 Å². The molecule has 3 aliphatic rings. The van der Waals surface area contributed by atoms with Crippen LogP contribution in [0.25, 0.3) is 94.3 Å². The molecule has 1 aromatic heterocycles. The predicted molar refractivity (Wildman–Crippen MR) is 311 cm³/mol. The third-order valence-electron chi connectivity index (χ3n) is 17.1. The van der Waals surface area contributed by atoms with E-state index in [1.165, 1.54) is 139 Å².